The predicted molar refractivity (Wildman–Crippen MR) is 73.0 cm³/mol. The van der Waals surface area contributed by atoms with E-state index in [1.165, 1.54) is 19.3 Å². The molecule has 1 aliphatic carbocycles. The molecule has 1 fully saturated rings. The van der Waals surface area contributed by atoms with Crippen LogP contribution in [-0.2, 0) is 0 Å². The van der Waals surface area contributed by atoms with Crippen molar-refractivity contribution in [2.24, 2.45) is 0 Å². The maximum atomic E-state index is 12.1. The van der Waals surface area contributed by atoms with Gasteiger partial charge in [0.1, 0.15) is 0 Å². The number of thiol groups is 1. The molecule has 0 aromatic heterocycles. The largest absolute Gasteiger partial charge is 0.349 e. The summed E-state index contributed by atoms with van der Waals surface area (Å²) in [5.41, 5.74) is 0.518. The van der Waals surface area contributed by atoms with Gasteiger partial charge < -0.3 is 5.32 Å². The van der Waals surface area contributed by atoms with E-state index < -0.39 is 0 Å². The van der Waals surface area contributed by atoms with Gasteiger partial charge in [-0.2, -0.15) is 0 Å². The summed E-state index contributed by atoms with van der Waals surface area (Å²) in [4.78, 5) is 12.8. The lowest BCUT2D eigenvalue weighted by atomic mass is 9.95. The van der Waals surface area contributed by atoms with Gasteiger partial charge in [-0.15, -0.1) is 12.6 Å². The Morgan fingerprint density at radius 3 is 2.71 bits per heavy atom. The maximum absolute atomic E-state index is 12.1. The highest BCUT2D eigenvalue weighted by Gasteiger charge is 2.18. The Hall–Kier alpha value is -0.670. The zero-order chi connectivity index (χ0) is 12.3. The first kappa shape index (κ1) is 12.8. The number of benzene rings is 1. The zero-order valence-electron chi connectivity index (χ0n) is 9.58. The van der Waals surface area contributed by atoms with Crippen molar-refractivity contribution >= 4 is 30.1 Å². The number of rotatable bonds is 2. The first-order valence-corrected chi connectivity index (χ1v) is 6.79. The monoisotopic (exact) mass is 269 g/mol. The summed E-state index contributed by atoms with van der Waals surface area (Å²) in [6, 6.07) is 5.50. The summed E-state index contributed by atoms with van der Waals surface area (Å²) in [6.07, 6.45) is 5.82. The number of nitrogens with one attached hydrogen (secondary N) is 1. The summed E-state index contributed by atoms with van der Waals surface area (Å²) in [6.45, 7) is 0. The van der Waals surface area contributed by atoms with Gasteiger partial charge in [0.15, 0.2) is 0 Å². The van der Waals surface area contributed by atoms with E-state index in [1.54, 1.807) is 18.2 Å². The highest BCUT2D eigenvalue weighted by Crippen LogP contribution is 2.21. The molecular formula is C13H16ClNOS. The molecule has 1 N–H and O–H groups in total. The lowest BCUT2D eigenvalue weighted by Gasteiger charge is -2.23. The molecule has 0 unspecified atom stereocenters. The van der Waals surface area contributed by atoms with E-state index in [4.69, 9.17) is 11.6 Å². The van der Waals surface area contributed by atoms with E-state index in [2.05, 4.69) is 17.9 Å². The molecule has 1 aromatic carbocycles. The molecule has 92 valence electrons. The molecule has 1 saturated carbocycles. The molecule has 0 heterocycles. The van der Waals surface area contributed by atoms with Crippen LogP contribution in [0.25, 0.3) is 0 Å². The molecule has 2 nitrogen and oxygen atoms in total. The summed E-state index contributed by atoms with van der Waals surface area (Å²) in [7, 11) is 0. The van der Waals surface area contributed by atoms with Crippen LogP contribution in [0, 0.1) is 0 Å². The van der Waals surface area contributed by atoms with E-state index in [1.807, 2.05) is 0 Å². The molecule has 1 aliphatic rings. The topological polar surface area (TPSA) is 29.1 Å². The van der Waals surface area contributed by atoms with Gasteiger partial charge in [0.05, 0.1) is 10.6 Å². The second kappa shape index (κ2) is 5.78. The molecule has 0 spiro atoms. The van der Waals surface area contributed by atoms with Gasteiger partial charge >= 0.3 is 0 Å². The van der Waals surface area contributed by atoms with Crippen molar-refractivity contribution in [2.75, 3.05) is 0 Å². The molecule has 4 heteroatoms. The second-order valence-corrected chi connectivity index (χ2v) is 5.40. The van der Waals surface area contributed by atoms with Crippen molar-refractivity contribution in [1.29, 1.82) is 0 Å². The summed E-state index contributed by atoms with van der Waals surface area (Å²) in [5, 5.41) is 3.53. The quantitative estimate of drug-likeness (QED) is 0.788. The van der Waals surface area contributed by atoms with E-state index in [-0.39, 0.29) is 5.91 Å². The van der Waals surface area contributed by atoms with Crippen LogP contribution in [0.1, 0.15) is 42.5 Å². The highest BCUT2D eigenvalue weighted by molar-refractivity contribution is 7.80. The van der Waals surface area contributed by atoms with Crippen molar-refractivity contribution in [3.8, 4) is 0 Å². The van der Waals surface area contributed by atoms with Gasteiger partial charge in [0.25, 0.3) is 5.91 Å². The third-order valence-electron chi connectivity index (χ3n) is 3.13. The number of hydrogen-bond donors (Lipinski definition) is 2. The van der Waals surface area contributed by atoms with Gasteiger partial charge in [-0.25, -0.2) is 0 Å². The molecule has 0 bridgehead atoms. The third kappa shape index (κ3) is 3.39. The molecule has 2 rings (SSSR count). The van der Waals surface area contributed by atoms with Crippen LogP contribution < -0.4 is 5.32 Å². The number of halogens is 1. The number of carbonyl (C=O) groups excluding carboxylic acids is 1. The van der Waals surface area contributed by atoms with Crippen LogP contribution in [0.3, 0.4) is 0 Å². The second-order valence-electron chi connectivity index (χ2n) is 4.47. The molecule has 0 saturated heterocycles. The normalized spacial score (nSPS) is 16.8. The van der Waals surface area contributed by atoms with Crippen molar-refractivity contribution in [3.63, 3.8) is 0 Å². The van der Waals surface area contributed by atoms with Crippen LogP contribution in [0.15, 0.2) is 23.1 Å². The summed E-state index contributed by atoms with van der Waals surface area (Å²) in [5.74, 6) is -0.0854. The lowest BCUT2D eigenvalue weighted by molar-refractivity contribution is 0.0927. The Kier molecular flexibility index (Phi) is 4.35. The molecule has 1 aromatic rings. The minimum Gasteiger partial charge on any atom is -0.349 e. The molecule has 17 heavy (non-hydrogen) atoms. The van der Waals surface area contributed by atoms with Crippen molar-refractivity contribution in [1.82, 2.24) is 5.32 Å². The number of hydrogen-bond acceptors (Lipinski definition) is 2. The third-order valence-corrected chi connectivity index (χ3v) is 3.74. The average molecular weight is 270 g/mol. The molecular weight excluding hydrogens is 254 g/mol. The van der Waals surface area contributed by atoms with Crippen molar-refractivity contribution < 1.29 is 4.79 Å². The summed E-state index contributed by atoms with van der Waals surface area (Å²) >= 11 is 10.2. The van der Waals surface area contributed by atoms with Gasteiger partial charge in [0, 0.05) is 10.9 Å². The van der Waals surface area contributed by atoms with Crippen LogP contribution in [-0.4, -0.2) is 11.9 Å². The molecule has 0 aliphatic heterocycles. The van der Waals surface area contributed by atoms with Crippen LogP contribution in [0.4, 0.5) is 0 Å². The first-order valence-electron chi connectivity index (χ1n) is 5.96. The van der Waals surface area contributed by atoms with E-state index in [0.29, 0.717) is 16.6 Å². The Balaban J connectivity index is 2.05. The SMILES string of the molecule is O=C(NC1CCCCC1)c1cc(S)ccc1Cl. The Morgan fingerprint density at radius 2 is 2.00 bits per heavy atom. The predicted octanol–water partition coefficient (Wildman–Crippen LogP) is 3.69. The minimum absolute atomic E-state index is 0.0854. The molecule has 0 radical (unpaired) electrons. The first-order chi connectivity index (χ1) is 8.16. The number of carbonyl (C=O) groups is 1. The van der Waals surface area contributed by atoms with Gasteiger partial charge in [-0.1, -0.05) is 30.9 Å². The maximum Gasteiger partial charge on any atom is 0.253 e. The fourth-order valence-electron chi connectivity index (χ4n) is 2.20. The van der Waals surface area contributed by atoms with Gasteiger partial charge in [-0.05, 0) is 31.0 Å². The molecule has 0 atom stereocenters. The van der Waals surface area contributed by atoms with Gasteiger partial charge in [0.2, 0.25) is 0 Å². The van der Waals surface area contributed by atoms with Crippen LogP contribution >= 0.6 is 24.2 Å². The van der Waals surface area contributed by atoms with Crippen LogP contribution in [0.2, 0.25) is 5.02 Å². The highest BCUT2D eigenvalue weighted by atomic mass is 35.5. The van der Waals surface area contributed by atoms with Crippen molar-refractivity contribution in [3.05, 3.63) is 28.8 Å². The zero-order valence-corrected chi connectivity index (χ0v) is 11.2. The Morgan fingerprint density at radius 1 is 1.29 bits per heavy atom. The Labute approximate surface area is 112 Å². The van der Waals surface area contributed by atoms with E-state index in [9.17, 15) is 4.79 Å². The lowest BCUT2D eigenvalue weighted by Crippen LogP contribution is -2.36. The van der Waals surface area contributed by atoms with E-state index in [0.717, 1.165) is 17.7 Å². The minimum atomic E-state index is -0.0854. The average Bonchev–Trinajstić information content (AvgIpc) is 2.33. The van der Waals surface area contributed by atoms with Gasteiger partial charge in [-0.3, -0.25) is 4.79 Å². The smallest absolute Gasteiger partial charge is 0.253 e. The van der Waals surface area contributed by atoms with E-state index >= 15 is 0 Å². The number of amides is 1. The van der Waals surface area contributed by atoms with Crippen LogP contribution in [0.5, 0.6) is 0 Å². The fraction of sp³-hybridized carbons (Fsp3) is 0.462. The Bertz CT molecular complexity index is 416. The van der Waals surface area contributed by atoms with Crippen molar-refractivity contribution in [2.45, 2.75) is 43.0 Å². The standard InChI is InChI=1S/C13H16ClNOS/c14-12-7-6-10(17)8-11(12)13(16)15-9-4-2-1-3-5-9/h6-9,17H,1-5H2,(H,15,16). The molecule has 1 amide bonds. The fourth-order valence-corrected chi connectivity index (χ4v) is 2.60. The summed E-state index contributed by atoms with van der Waals surface area (Å²) < 4.78 is 0.